The smallest absolute Gasteiger partial charge is 0.0616 e. The van der Waals surface area contributed by atoms with E-state index in [1.54, 1.807) is 0 Å². The Morgan fingerprint density at radius 1 is 1.15 bits per heavy atom. The molecular formula is C11H25NO. The lowest BCUT2D eigenvalue weighted by Crippen LogP contribution is -2.31. The van der Waals surface area contributed by atoms with Crippen molar-refractivity contribution in [1.82, 2.24) is 5.32 Å². The van der Waals surface area contributed by atoms with Crippen LogP contribution >= 0.6 is 0 Å². The summed E-state index contributed by atoms with van der Waals surface area (Å²) in [6.07, 6.45) is 5.32. The monoisotopic (exact) mass is 187 g/mol. The van der Waals surface area contributed by atoms with Gasteiger partial charge in [-0.05, 0) is 26.8 Å². The van der Waals surface area contributed by atoms with Crippen LogP contribution in [0.4, 0.5) is 0 Å². The predicted molar refractivity (Wildman–Crippen MR) is 58.1 cm³/mol. The van der Waals surface area contributed by atoms with Crippen LogP contribution in [-0.4, -0.2) is 25.8 Å². The van der Waals surface area contributed by atoms with Crippen molar-refractivity contribution in [3.63, 3.8) is 0 Å². The minimum atomic E-state index is 0.501. The van der Waals surface area contributed by atoms with E-state index in [9.17, 15) is 0 Å². The van der Waals surface area contributed by atoms with Crippen LogP contribution < -0.4 is 5.32 Å². The van der Waals surface area contributed by atoms with Crippen LogP contribution in [0.25, 0.3) is 0 Å². The van der Waals surface area contributed by atoms with Gasteiger partial charge in [0, 0.05) is 12.6 Å². The number of ether oxygens (including phenoxy) is 1. The summed E-state index contributed by atoms with van der Waals surface area (Å²) in [5.41, 5.74) is 0. The van der Waals surface area contributed by atoms with Gasteiger partial charge in [-0.25, -0.2) is 0 Å². The number of nitrogens with one attached hydrogen (secondary N) is 1. The van der Waals surface area contributed by atoms with Gasteiger partial charge in [-0.15, -0.1) is 0 Å². The molecule has 13 heavy (non-hydrogen) atoms. The summed E-state index contributed by atoms with van der Waals surface area (Å²) in [7, 11) is 0. The molecule has 0 aromatic carbocycles. The third-order valence-corrected chi connectivity index (χ3v) is 2.10. The van der Waals surface area contributed by atoms with Crippen molar-refractivity contribution in [3.05, 3.63) is 0 Å². The van der Waals surface area contributed by atoms with Crippen molar-refractivity contribution in [2.75, 3.05) is 19.8 Å². The maximum atomic E-state index is 5.31. The summed E-state index contributed by atoms with van der Waals surface area (Å²) in [5.74, 6) is 0. The average Bonchev–Trinajstić information content (AvgIpc) is 2.14. The van der Waals surface area contributed by atoms with E-state index in [0.29, 0.717) is 6.04 Å². The quantitative estimate of drug-likeness (QED) is 0.560. The van der Waals surface area contributed by atoms with Gasteiger partial charge in [0.1, 0.15) is 0 Å². The molecule has 0 aliphatic heterocycles. The average molecular weight is 187 g/mol. The lowest BCUT2D eigenvalue weighted by atomic mass is 10.2. The fourth-order valence-corrected chi connectivity index (χ4v) is 1.25. The van der Waals surface area contributed by atoms with E-state index in [0.717, 1.165) is 19.8 Å². The Bertz CT molecular complexity index is 96.1. The zero-order chi connectivity index (χ0) is 9.94. The third-order valence-electron chi connectivity index (χ3n) is 2.10. The van der Waals surface area contributed by atoms with Gasteiger partial charge < -0.3 is 10.1 Å². The molecule has 0 bridgehead atoms. The molecule has 0 heterocycles. The molecule has 0 saturated heterocycles. The summed E-state index contributed by atoms with van der Waals surface area (Å²) < 4.78 is 5.31. The third kappa shape index (κ3) is 9.84. The molecule has 1 atom stereocenters. The van der Waals surface area contributed by atoms with Gasteiger partial charge in [-0.2, -0.15) is 0 Å². The van der Waals surface area contributed by atoms with Crippen molar-refractivity contribution in [2.45, 2.75) is 52.5 Å². The van der Waals surface area contributed by atoms with Crippen molar-refractivity contribution < 1.29 is 4.74 Å². The molecule has 1 N–H and O–H groups in total. The highest BCUT2D eigenvalue weighted by molar-refractivity contribution is 4.58. The van der Waals surface area contributed by atoms with Crippen LogP contribution in [0.1, 0.15) is 46.5 Å². The minimum Gasteiger partial charge on any atom is -0.380 e. The Balaban J connectivity index is 3.03. The Morgan fingerprint density at radius 3 is 2.54 bits per heavy atom. The van der Waals surface area contributed by atoms with Gasteiger partial charge in [-0.3, -0.25) is 0 Å². The van der Waals surface area contributed by atoms with Crippen molar-refractivity contribution in [2.24, 2.45) is 0 Å². The van der Waals surface area contributed by atoms with Crippen LogP contribution in [0.15, 0.2) is 0 Å². The standard InChI is InChI=1S/C11H25NO/c1-4-6-7-8-9-12-11(3)10-13-5-2/h11-12H,4-10H2,1-3H3. The molecule has 0 amide bonds. The molecular weight excluding hydrogens is 162 g/mol. The molecule has 0 spiro atoms. The van der Waals surface area contributed by atoms with Gasteiger partial charge in [0.2, 0.25) is 0 Å². The number of unbranched alkanes of at least 4 members (excludes halogenated alkanes) is 3. The topological polar surface area (TPSA) is 21.3 Å². The van der Waals surface area contributed by atoms with Crippen molar-refractivity contribution in [1.29, 1.82) is 0 Å². The fraction of sp³-hybridized carbons (Fsp3) is 1.00. The van der Waals surface area contributed by atoms with Crippen molar-refractivity contribution in [3.8, 4) is 0 Å². The lowest BCUT2D eigenvalue weighted by Gasteiger charge is -2.12. The highest BCUT2D eigenvalue weighted by atomic mass is 16.5. The molecule has 0 aliphatic rings. The fourth-order valence-electron chi connectivity index (χ4n) is 1.25. The summed E-state index contributed by atoms with van der Waals surface area (Å²) in [6, 6.07) is 0.501. The van der Waals surface area contributed by atoms with E-state index < -0.39 is 0 Å². The summed E-state index contributed by atoms with van der Waals surface area (Å²) in [4.78, 5) is 0. The molecule has 80 valence electrons. The lowest BCUT2D eigenvalue weighted by molar-refractivity contribution is 0.127. The maximum absolute atomic E-state index is 5.31. The highest BCUT2D eigenvalue weighted by Gasteiger charge is 1.98. The van der Waals surface area contributed by atoms with E-state index in [1.807, 2.05) is 6.92 Å². The largest absolute Gasteiger partial charge is 0.380 e. The van der Waals surface area contributed by atoms with E-state index >= 15 is 0 Å². The van der Waals surface area contributed by atoms with Gasteiger partial charge in [0.15, 0.2) is 0 Å². The van der Waals surface area contributed by atoms with Gasteiger partial charge in [-0.1, -0.05) is 26.2 Å². The summed E-state index contributed by atoms with van der Waals surface area (Å²) in [6.45, 7) is 9.25. The Morgan fingerprint density at radius 2 is 1.92 bits per heavy atom. The predicted octanol–water partition coefficient (Wildman–Crippen LogP) is 2.58. The number of hydrogen-bond acceptors (Lipinski definition) is 2. The van der Waals surface area contributed by atoms with Crippen LogP contribution in [0, 0.1) is 0 Å². The number of hydrogen-bond donors (Lipinski definition) is 1. The summed E-state index contributed by atoms with van der Waals surface area (Å²) >= 11 is 0. The first-order valence-corrected chi connectivity index (χ1v) is 5.62. The Hall–Kier alpha value is -0.0800. The first-order chi connectivity index (χ1) is 6.31. The molecule has 0 aliphatic carbocycles. The van der Waals surface area contributed by atoms with E-state index in [1.165, 1.54) is 25.7 Å². The molecule has 0 aromatic rings. The molecule has 2 nitrogen and oxygen atoms in total. The van der Waals surface area contributed by atoms with E-state index in [-0.39, 0.29) is 0 Å². The molecule has 1 unspecified atom stereocenters. The van der Waals surface area contributed by atoms with Gasteiger partial charge in [0.25, 0.3) is 0 Å². The maximum Gasteiger partial charge on any atom is 0.0616 e. The van der Waals surface area contributed by atoms with Crippen molar-refractivity contribution >= 4 is 0 Å². The zero-order valence-corrected chi connectivity index (χ0v) is 9.44. The second-order valence-corrected chi connectivity index (χ2v) is 3.58. The van der Waals surface area contributed by atoms with Gasteiger partial charge in [0.05, 0.1) is 6.61 Å². The van der Waals surface area contributed by atoms with Crippen LogP contribution in [0.2, 0.25) is 0 Å². The molecule has 0 radical (unpaired) electrons. The molecule has 0 fully saturated rings. The molecule has 0 aromatic heterocycles. The van der Waals surface area contributed by atoms with E-state index in [2.05, 4.69) is 19.2 Å². The van der Waals surface area contributed by atoms with E-state index in [4.69, 9.17) is 4.74 Å². The first kappa shape index (κ1) is 12.9. The van der Waals surface area contributed by atoms with Crippen LogP contribution in [-0.2, 0) is 4.74 Å². The number of rotatable bonds is 9. The Kier molecular flexibility index (Phi) is 9.94. The van der Waals surface area contributed by atoms with Gasteiger partial charge >= 0.3 is 0 Å². The second-order valence-electron chi connectivity index (χ2n) is 3.58. The SMILES string of the molecule is CCCCCCNC(C)COCC. The summed E-state index contributed by atoms with van der Waals surface area (Å²) in [5, 5.41) is 3.45. The second kappa shape index (κ2) is 10.0. The Labute approximate surface area is 83.1 Å². The van der Waals surface area contributed by atoms with Crippen LogP contribution in [0.3, 0.4) is 0 Å². The highest BCUT2D eigenvalue weighted by Crippen LogP contribution is 1.97. The minimum absolute atomic E-state index is 0.501. The molecule has 0 rings (SSSR count). The molecule has 2 heteroatoms. The zero-order valence-electron chi connectivity index (χ0n) is 9.44. The first-order valence-electron chi connectivity index (χ1n) is 5.62. The normalized spacial score (nSPS) is 13.2. The molecule has 0 saturated carbocycles. The van der Waals surface area contributed by atoms with Crippen LogP contribution in [0.5, 0.6) is 0 Å².